The maximum atomic E-state index is 5.65. The van der Waals surface area contributed by atoms with Crippen LogP contribution < -0.4 is 20.7 Å². The summed E-state index contributed by atoms with van der Waals surface area (Å²) in [6.07, 6.45) is 1.60. The third kappa shape index (κ3) is 2.91. The van der Waals surface area contributed by atoms with Crippen LogP contribution in [0.1, 0.15) is 17.2 Å². The van der Waals surface area contributed by atoms with E-state index in [-0.39, 0.29) is 6.04 Å². The molecule has 0 spiro atoms. The summed E-state index contributed by atoms with van der Waals surface area (Å²) in [4.78, 5) is 0. The number of nitrogens with one attached hydrogen (secondary N) is 1. The maximum absolute atomic E-state index is 5.65. The van der Waals surface area contributed by atoms with E-state index in [1.807, 2.05) is 24.3 Å². The highest BCUT2D eigenvalue weighted by atomic mass is 79.9. The minimum Gasteiger partial charge on any atom is -0.497 e. The Hall–Kier alpha value is -1.50. The molecule has 1 atom stereocenters. The number of hydrogen-bond donors (Lipinski definition) is 2. The Kier molecular flexibility index (Phi) is 4.47. The van der Waals surface area contributed by atoms with E-state index in [0.717, 1.165) is 11.1 Å². The molecule has 0 fully saturated rings. The number of hydrazine groups is 1. The molecule has 0 bridgehead atoms. The van der Waals surface area contributed by atoms with Crippen molar-refractivity contribution in [3.63, 3.8) is 0 Å². The minimum atomic E-state index is -0.225. The molecule has 6 heteroatoms. The zero-order valence-electron chi connectivity index (χ0n) is 10.6. The van der Waals surface area contributed by atoms with Gasteiger partial charge in [-0.1, -0.05) is 0 Å². The van der Waals surface area contributed by atoms with E-state index < -0.39 is 0 Å². The molecule has 2 aromatic rings. The molecule has 0 saturated carbocycles. The fourth-order valence-electron chi connectivity index (χ4n) is 1.87. The van der Waals surface area contributed by atoms with Crippen LogP contribution in [0.15, 0.2) is 39.6 Å². The number of methoxy groups -OCH3 is 2. The van der Waals surface area contributed by atoms with Crippen LogP contribution in [-0.4, -0.2) is 14.2 Å². The Labute approximate surface area is 119 Å². The molecule has 19 heavy (non-hydrogen) atoms. The Bertz CT molecular complexity index is 534. The topological polar surface area (TPSA) is 69.7 Å². The van der Waals surface area contributed by atoms with Crippen molar-refractivity contribution in [3.05, 3.63) is 46.3 Å². The smallest absolute Gasteiger partial charge is 0.174 e. The van der Waals surface area contributed by atoms with Crippen LogP contribution >= 0.6 is 15.9 Å². The van der Waals surface area contributed by atoms with Crippen LogP contribution in [0, 0.1) is 0 Å². The average molecular weight is 327 g/mol. The summed E-state index contributed by atoms with van der Waals surface area (Å²) in [5.41, 5.74) is 4.58. The quantitative estimate of drug-likeness (QED) is 0.653. The van der Waals surface area contributed by atoms with E-state index in [2.05, 4.69) is 21.4 Å². The van der Waals surface area contributed by atoms with Gasteiger partial charge in [-0.2, -0.15) is 0 Å². The van der Waals surface area contributed by atoms with Crippen molar-refractivity contribution in [2.75, 3.05) is 14.2 Å². The molecule has 5 nitrogen and oxygen atoms in total. The maximum Gasteiger partial charge on any atom is 0.174 e. The van der Waals surface area contributed by atoms with Crippen molar-refractivity contribution in [2.24, 2.45) is 5.84 Å². The number of benzene rings is 1. The Morgan fingerprint density at radius 3 is 2.26 bits per heavy atom. The lowest BCUT2D eigenvalue weighted by Gasteiger charge is -2.17. The molecule has 102 valence electrons. The Morgan fingerprint density at radius 1 is 1.21 bits per heavy atom. The largest absolute Gasteiger partial charge is 0.497 e. The Balaban J connectivity index is 2.46. The van der Waals surface area contributed by atoms with Crippen molar-refractivity contribution >= 4 is 15.9 Å². The molecule has 0 saturated heterocycles. The highest BCUT2D eigenvalue weighted by Gasteiger charge is 2.19. The first kappa shape index (κ1) is 13.9. The lowest BCUT2D eigenvalue weighted by molar-refractivity contribution is 0.392. The molecule has 1 heterocycles. The number of hydrogen-bond acceptors (Lipinski definition) is 5. The van der Waals surface area contributed by atoms with E-state index in [9.17, 15) is 0 Å². The second-order valence-corrected chi connectivity index (χ2v) is 4.62. The Morgan fingerprint density at radius 2 is 1.84 bits per heavy atom. The van der Waals surface area contributed by atoms with E-state index in [0.29, 0.717) is 16.2 Å². The summed E-state index contributed by atoms with van der Waals surface area (Å²) in [6.45, 7) is 0. The molecule has 0 radical (unpaired) electrons. The first-order valence-electron chi connectivity index (χ1n) is 5.61. The molecule has 0 aliphatic heterocycles. The van der Waals surface area contributed by atoms with Crippen LogP contribution in [0.25, 0.3) is 0 Å². The second-order valence-electron chi connectivity index (χ2n) is 3.90. The highest BCUT2D eigenvalue weighted by Crippen LogP contribution is 2.33. The van der Waals surface area contributed by atoms with Crippen LogP contribution in [0.5, 0.6) is 11.5 Å². The summed E-state index contributed by atoms with van der Waals surface area (Å²) < 4.78 is 16.4. The van der Waals surface area contributed by atoms with Crippen molar-refractivity contribution in [2.45, 2.75) is 6.04 Å². The van der Waals surface area contributed by atoms with Gasteiger partial charge < -0.3 is 13.9 Å². The van der Waals surface area contributed by atoms with Crippen LogP contribution in [0.2, 0.25) is 0 Å². The van der Waals surface area contributed by atoms with E-state index >= 15 is 0 Å². The second kappa shape index (κ2) is 6.10. The van der Waals surface area contributed by atoms with E-state index in [1.54, 1.807) is 20.5 Å². The van der Waals surface area contributed by atoms with Crippen molar-refractivity contribution in [1.29, 1.82) is 0 Å². The van der Waals surface area contributed by atoms with Gasteiger partial charge >= 0.3 is 0 Å². The minimum absolute atomic E-state index is 0.225. The van der Waals surface area contributed by atoms with E-state index in [4.69, 9.17) is 19.7 Å². The average Bonchev–Trinajstić information content (AvgIpc) is 2.85. The van der Waals surface area contributed by atoms with E-state index in [1.165, 1.54) is 0 Å². The molecule has 0 aliphatic rings. The number of nitrogens with two attached hydrogens (primary N) is 1. The van der Waals surface area contributed by atoms with Gasteiger partial charge in [0.05, 0.1) is 26.5 Å². The number of halogens is 1. The van der Waals surface area contributed by atoms with Gasteiger partial charge in [-0.05, 0) is 39.7 Å². The first-order valence-corrected chi connectivity index (χ1v) is 6.41. The molecule has 1 aromatic carbocycles. The zero-order valence-corrected chi connectivity index (χ0v) is 12.2. The lowest BCUT2D eigenvalue weighted by atomic mass is 10.0. The molecule has 1 unspecified atom stereocenters. The van der Waals surface area contributed by atoms with Gasteiger partial charge in [-0.15, -0.1) is 0 Å². The van der Waals surface area contributed by atoms with Crippen LogP contribution in [0.3, 0.4) is 0 Å². The monoisotopic (exact) mass is 326 g/mol. The summed E-state index contributed by atoms with van der Waals surface area (Å²) in [5, 5.41) is 0. The van der Waals surface area contributed by atoms with Crippen molar-refractivity contribution in [3.8, 4) is 11.5 Å². The molecule has 0 aliphatic carbocycles. The molecular formula is C13H15BrN2O3. The molecule has 0 amide bonds. The first-order chi connectivity index (χ1) is 9.19. The third-order valence-corrected chi connectivity index (χ3v) is 3.48. The SMILES string of the molecule is COc1cc(OC)cc(C(NN)c2ccoc2Br)c1. The van der Waals surface area contributed by atoms with Gasteiger partial charge in [0, 0.05) is 11.6 Å². The highest BCUT2D eigenvalue weighted by molar-refractivity contribution is 9.10. The zero-order chi connectivity index (χ0) is 13.8. The third-order valence-electron chi connectivity index (χ3n) is 2.83. The lowest BCUT2D eigenvalue weighted by Crippen LogP contribution is -2.28. The van der Waals surface area contributed by atoms with Crippen molar-refractivity contribution in [1.82, 2.24) is 5.43 Å². The standard InChI is InChI=1S/C13H15BrN2O3/c1-17-9-5-8(6-10(7-9)18-2)12(16-15)11-3-4-19-13(11)14/h3-7,12,16H,15H2,1-2H3. The van der Waals surface area contributed by atoms with Crippen LogP contribution in [0.4, 0.5) is 0 Å². The van der Waals surface area contributed by atoms with Gasteiger partial charge in [0.15, 0.2) is 4.67 Å². The predicted molar refractivity (Wildman–Crippen MR) is 75.1 cm³/mol. The molecule has 3 N–H and O–H groups in total. The summed E-state index contributed by atoms with van der Waals surface area (Å²) in [6, 6.07) is 7.22. The summed E-state index contributed by atoms with van der Waals surface area (Å²) in [5.74, 6) is 7.06. The van der Waals surface area contributed by atoms with Gasteiger partial charge in [0.1, 0.15) is 11.5 Å². The molecule has 2 rings (SSSR count). The predicted octanol–water partition coefficient (Wildman–Crippen LogP) is 2.61. The van der Waals surface area contributed by atoms with Gasteiger partial charge in [0.25, 0.3) is 0 Å². The number of ether oxygens (including phenoxy) is 2. The van der Waals surface area contributed by atoms with Crippen LogP contribution in [-0.2, 0) is 0 Å². The fraction of sp³-hybridized carbons (Fsp3) is 0.231. The normalized spacial score (nSPS) is 12.2. The summed E-state index contributed by atoms with van der Waals surface area (Å²) >= 11 is 3.35. The van der Waals surface area contributed by atoms with Gasteiger partial charge in [-0.25, -0.2) is 5.43 Å². The summed E-state index contributed by atoms with van der Waals surface area (Å²) in [7, 11) is 3.22. The van der Waals surface area contributed by atoms with Crippen molar-refractivity contribution < 1.29 is 13.9 Å². The fourth-order valence-corrected chi connectivity index (χ4v) is 2.34. The number of furan rings is 1. The molecule has 1 aromatic heterocycles. The number of rotatable bonds is 5. The van der Waals surface area contributed by atoms with Gasteiger partial charge in [-0.3, -0.25) is 5.84 Å². The van der Waals surface area contributed by atoms with Gasteiger partial charge in [0.2, 0.25) is 0 Å². The molecular weight excluding hydrogens is 312 g/mol.